The van der Waals surface area contributed by atoms with Gasteiger partial charge in [0, 0.05) is 24.8 Å². The van der Waals surface area contributed by atoms with Crippen LogP contribution >= 0.6 is 0 Å². The maximum absolute atomic E-state index is 13.6. The van der Waals surface area contributed by atoms with Crippen LogP contribution < -0.4 is 10.6 Å². The zero-order chi connectivity index (χ0) is 25.5. The monoisotopic (exact) mass is 493 g/mol. The molecular weight excluding hydrogens is 465 g/mol. The van der Waals surface area contributed by atoms with Crippen LogP contribution in [0.5, 0.6) is 0 Å². The number of nitriles is 1. The van der Waals surface area contributed by atoms with Gasteiger partial charge in [0.25, 0.3) is 0 Å². The summed E-state index contributed by atoms with van der Waals surface area (Å²) < 4.78 is 25.4. The molecule has 2 aromatic heterocycles. The highest BCUT2D eigenvalue weighted by Crippen LogP contribution is 2.35. The number of imidazole rings is 1. The van der Waals surface area contributed by atoms with E-state index in [1.54, 1.807) is 31.3 Å². The second-order valence-electron chi connectivity index (χ2n) is 8.72. The van der Waals surface area contributed by atoms with Gasteiger partial charge in [-0.25, -0.2) is 19.3 Å². The van der Waals surface area contributed by atoms with Gasteiger partial charge in [0.1, 0.15) is 5.82 Å². The summed E-state index contributed by atoms with van der Waals surface area (Å²) in [5, 5.41) is 14.7. The molecule has 1 fully saturated rings. The van der Waals surface area contributed by atoms with Gasteiger partial charge in [-0.1, -0.05) is 6.92 Å². The summed E-state index contributed by atoms with van der Waals surface area (Å²) >= 11 is 0. The first-order chi connectivity index (χ1) is 17.4. The third kappa shape index (κ3) is 5.67. The number of aromatic nitrogens is 4. The predicted octanol–water partition coefficient (Wildman–Crippen LogP) is 3.58. The average molecular weight is 494 g/mol. The van der Waals surface area contributed by atoms with Crippen LogP contribution in [0.15, 0.2) is 36.5 Å². The van der Waals surface area contributed by atoms with Crippen LogP contribution in [0.4, 0.5) is 10.3 Å². The Bertz CT molecular complexity index is 1230. The number of halogens is 1. The second-order valence-corrected chi connectivity index (χ2v) is 8.72. The molecule has 1 aliphatic heterocycles. The van der Waals surface area contributed by atoms with E-state index in [2.05, 4.69) is 31.7 Å². The molecule has 0 bridgehead atoms. The molecule has 1 saturated heterocycles. The number of carbonyl (C=O) groups excluding carboxylic acids is 1. The molecule has 11 heteroatoms. The Morgan fingerprint density at radius 2 is 1.97 bits per heavy atom. The van der Waals surface area contributed by atoms with Crippen LogP contribution in [0, 0.1) is 22.6 Å². The Hall–Kier alpha value is -3.88. The Morgan fingerprint density at radius 3 is 2.67 bits per heavy atom. The van der Waals surface area contributed by atoms with Crippen molar-refractivity contribution in [3.05, 3.63) is 48.2 Å². The lowest BCUT2D eigenvalue weighted by Gasteiger charge is -2.35. The Kier molecular flexibility index (Phi) is 7.87. The number of rotatable bonds is 9. The summed E-state index contributed by atoms with van der Waals surface area (Å²) in [6.07, 6.45) is 1.93. The molecule has 188 valence electrons. The molecule has 0 spiro atoms. The molecule has 10 nitrogen and oxygen atoms in total. The molecular formula is C25H28FN7O3. The number of aromatic amines is 1. The highest BCUT2D eigenvalue weighted by atomic mass is 19.1. The largest absolute Gasteiger partial charge is 0.355 e. The van der Waals surface area contributed by atoms with Crippen molar-refractivity contribution in [3.8, 4) is 28.7 Å². The summed E-state index contributed by atoms with van der Waals surface area (Å²) in [5.41, 5.74) is 1.52. The van der Waals surface area contributed by atoms with E-state index in [0.717, 1.165) is 6.42 Å². The Labute approximate surface area is 208 Å². The molecule has 36 heavy (non-hydrogen) atoms. The van der Waals surface area contributed by atoms with Gasteiger partial charge in [-0.2, -0.15) is 5.26 Å². The van der Waals surface area contributed by atoms with E-state index < -0.39 is 11.7 Å². The maximum Gasteiger partial charge on any atom is 0.230 e. The van der Waals surface area contributed by atoms with Crippen molar-refractivity contribution in [2.75, 3.05) is 31.6 Å². The second kappa shape index (κ2) is 11.2. The van der Waals surface area contributed by atoms with E-state index in [1.165, 1.54) is 12.1 Å². The Balaban J connectivity index is 1.62. The van der Waals surface area contributed by atoms with E-state index in [-0.39, 0.29) is 24.9 Å². The summed E-state index contributed by atoms with van der Waals surface area (Å²) in [6.45, 7) is 5.11. The minimum atomic E-state index is -0.819. The number of amides is 1. The zero-order valence-corrected chi connectivity index (χ0v) is 20.2. The van der Waals surface area contributed by atoms with Gasteiger partial charge in [-0.05, 0) is 43.7 Å². The number of hydrogen-bond acceptors (Lipinski definition) is 8. The van der Waals surface area contributed by atoms with Crippen LogP contribution in [0.3, 0.4) is 0 Å². The van der Waals surface area contributed by atoms with Gasteiger partial charge in [0.15, 0.2) is 5.82 Å². The number of anilines is 1. The summed E-state index contributed by atoms with van der Waals surface area (Å²) in [4.78, 5) is 29.2. The van der Waals surface area contributed by atoms with Gasteiger partial charge < -0.3 is 25.1 Å². The van der Waals surface area contributed by atoms with E-state index in [1.807, 2.05) is 6.92 Å². The highest BCUT2D eigenvalue weighted by molar-refractivity contribution is 5.82. The molecule has 3 aromatic rings. The SMILES string of the molecule is CCCNC(=O)C1(C)COC(c2nc(-c3ccc(F)cc3)c(-c3ccnc(NCCC#N)n3)[nH]2)OC1. The molecule has 1 aliphatic rings. The van der Waals surface area contributed by atoms with Gasteiger partial charge in [-0.3, -0.25) is 4.79 Å². The molecule has 0 radical (unpaired) electrons. The molecule has 1 aromatic carbocycles. The van der Waals surface area contributed by atoms with E-state index in [9.17, 15) is 9.18 Å². The maximum atomic E-state index is 13.6. The first kappa shape index (κ1) is 25.2. The molecule has 3 N–H and O–H groups in total. The van der Waals surface area contributed by atoms with Gasteiger partial charge in [-0.15, -0.1) is 0 Å². The van der Waals surface area contributed by atoms with Crippen molar-refractivity contribution in [1.82, 2.24) is 25.3 Å². The molecule has 3 heterocycles. The number of H-pyrrole nitrogens is 1. The minimum absolute atomic E-state index is 0.118. The topological polar surface area (TPSA) is 138 Å². The quantitative estimate of drug-likeness (QED) is 0.385. The standard InChI is InChI=1S/C25H28FN7O3/c1-3-11-28-23(34)25(2)14-35-22(36-15-25)21-32-19(16-5-7-17(26)8-6-16)20(33-21)18-9-13-30-24(31-18)29-12-4-10-27/h5-9,13,22H,3-4,11-12,14-15H2,1-2H3,(H,28,34)(H,32,33)(H,29,30,31). The van der Waals surface area contributed by atoms with Crippen molar-refractivity contribution in [1.29, 1.82) is 5.26 Å². The first-order valence-corrected chi connectivity index (χ1v) is 11.7. The molecule has 0 saturated carbocycles. The van der Waals surface area contributed by atoms with Crippen molar-refractivity contribution in [3.63, 3.8) is 0 Å². The van der Waals surface area contributed by atoms with Gasteiger partial charge in [0.05, 0.1) is 48.2 Å². The number of hydrogen-bond donors (Lipinski definition) is 3. The molecule has 4 rings (SSSR count). The van der Waals surface area contributed by atoms with Crippen LogP contribution in [0.25, 0.3) is 22.6 Å². The molecule has 0 unspecified atom stereocenters. The fourth-order valence-corrected chi connectivity index (χ4v) is 3.67. The van der Waals surface area contributed by atoms with E-state index in [4.69, 9.17) is 19.7 Å². The van der Waals surface area contributed by atoms with Gasteiger partial charge in [0.2, 0.25) is 18.1 Å². The van der Waals surface area contributed by atoms with Crippen LogP contribution in [0.1, 0.15) is 38.8 Å². The van der Waals surface area contributed by atoms with E-state index in [0.29, 0.717) is 53.9 Å². The third-order valence-corrected chi connectivity index (χ3v) is 5.68. The predicted molar refractivity (Wildman–Crippen MR) is 130 cm³/mol. The fraction of sp³-hybridized carbons (Fsp3) is 0.400. The highest BCUT2D eigenvalue weighted by Gasteiger charge is 2.40. The lowest BCUT2D eigenvalue weighted by Crippen LogP contribution is -2.48. The smallest absolute Gasteiger partial charge is 0.230 e. The van der Waals surface area contributed by atoms with Crippen LogP contribution in [0.2, 0.25) is 0 Å². The number of ether oxygens (including phenoxy) is 2. The van der Waals surface area contributed by atoms with Gasteiger partial charge >= 0.3 is 0 Å². The summed E-state index contributed by atoms with van der Waals surface area (Å²) in [5.74, 6) is 0.287. The Morgan fingerprint density at radius 1 is 1.22 bits per heavy atom. The number of nitrogens with one attached hydrogen (secondary N) is 3. The number of benzene rings is 1. The fourth-order valence-electron chi connectivity index (χ4n) is 3.67. The number of nitrogens with zero attached hydrogens (tertiary/aromatic N) is 4. The first-order valence-electron chi connectivity index (χ1n) is 11.7. The molecule has 0 aliphatic carbocycles. The summed E-state index contributed by atoms with van der Waals surface area (Å²) in [7, 11) is 0. The van der Waals surface area contributed by atoms with Crippen molar-refractivity contribution >= 4 is 11.9 Å². The van der Waals surface area contributed by atoms with Crippen LogP contribution in [-0.4, -0.2) is 52.1 Å². The molecule has 1 amide bonds. The zero-order valence-electron chi connectivity index (χ0n) is 20.2. The van der Waals surface area contributed by atoms with Crippen molar-refractivity contribution in [2.24, 2.45) is 5.41 Å². The molecule has 0 atom stereocenters. The minimum Gasteiger partial charge on any atom is -0.355 e. The summed E-state index contributed by atoms with van der Waals surface area (Å²) in [6, 6.07) is 9.76. The number of carbonyl (C=O) groups is 1. The lowest BCUT2D eigenvalue weighted by atomic mass is 9.91. The van der Waals surface area contributed by atoms with Crippen molar-refractivity contribution < 1.29 is 18.7 Å². The van der Waals surface area contributed by atoms with Crippen molar-refractivity contribution in [2.45, 2.75) is 33.0 Å². The average Bonchev–Trinajstić information content (AvgIpc) is 3.34. The lowest BCUT2D eigenvalue weighted by molar-refractivity contribution is -0.231. The van der Waals surface area contributed by atoms with E-state index >= 15 is 0 Å². The third-order valence-electron chi connectivity index (χ3n) is 5.68. The normalized spacial score (nSPS) is 19.4. The van der Waals surface area contributed by atoms with Crippen LogP contribution in [-0.2, 0) is 14.3 Å².